The van der Waals surface area contributed by atoms with Crippen LogP contribution in [0.25, 0.3) is 0 Å². The average Bonchev–Trinajstić information content (AvgIpc) is 3.38. The fraction of sp³-hybridized carbons (Fsp3) is 0.345. The van der Waals surface area contributed by atoms with Gasteiger partial charge in [-0.15, -0.1) is 0 Å². The Labute approximate surface area is 219 Å². The van der Waals surface area contributed by atoms with Gasteiger partial charge in [0, 0.05) is 43.6 Å². The molecule has 1 unspecified atom stereocenters. The second-order valence-corrected chi connectivity index (χ2v) is 9.52. The van der Waals surface area contributed by atoms with E-state index in [2.05, 4.69) is 15.6 Å². The number of ether oxygens (including phenoxy) is 1. The maximum absolute atomic E-state index is 13.2. The fourth-order valence-electron chi connectivity index (χ4n) is 4.58. The van der Waals surface area contributed by atoms with E-state index >= 15 is 0 Å². The second-order valence-electron chi connectivity index (χ2n) is 9.52. The van der Waals surface area contributed by atoms with Crippen molar-refractivity contribution in [3.05, 3.63) is 89.7 Å². The van der Waals surface area contributed by atoms with Crippen LogP contribution < -0.4 is 10.6 Å². The largest absolute Gasteiger partial charge is 0.418 e. The molecular weight excluding hydrogens is 495 g/mol. The first-order chi connectivity index (χ1) is 18.2. The molecule has 200 valence electrons. The number of rotatable bonds is 11. The van der Waals surface area contributed by atoms with Crippen LogP contribution in [0.15, 0.2) is 72.9 Å². The third-order valence-electron chi connectivity index (χ3n) is 6.72. The zero-order valence-corrected chi connectivity index (χ0v) is 20.9. The van der Waals surface area contributed by atoms with Crippen molar-refractivity contribution in [2.75, 3.05) is 18.5 Å². The summed E-state index contributed by atoms with van der Waals surface area (Å²) in [6.07, 6.45) is -0.416. The smallest absolute Gasteiger partial charge is 0.380 e. The summed E-state index contributed by atoms with van der Waals surface area (Å²) in [6.45, 7) is 1.09. The second kappa shape index (κ2) is 12.2. The number of aromatic nitrogens is 1. The summed E-state index contributed by atoms with van der Waals surface area (Å²) in [7, 11) is 0. The molecule has 0 spiro atoms. The number of halogens is 3. The lowest BCUT2D eigenvalue weighted by Crippen LogP contribution is -2.41. The van der Waals surface area contributed by atoms with Crippen molar-refractivity contribution in [1.82, 2.24) is 10.3 Å². The molecule has 0 aliphatic carbocycles. The molecular formula is C29H30F3N3O3. The number of ketones is 1. The minimum Gasteiger partial charge on any atom is -0.380 e. The van der Waals surface area contributed by atoms with Gasteiger partial charge < -0.3 is 15.4 Å². The molecule has 0 radical (unpaired) electrons. The molecule has 1 amide bonds. The van der Waals surface area contributed by atoms with Crippen molar-refractivity contribution in [1.29, 1.82) is 0 Å². The van der Waals surface area contributed by atoms with Crippen LogP contribution in [0.4, 0.5) is 24.5 Å². The van der Waals surface area contributed by atoms with Gasteiger partial charge in [0.05, 0.1) is 23.3 Å². The maximum atomic E-state index is 13.2. The first-order valence-electron chi connectivity index (χ1n) is 12.6. The van der Waals surface area contributed by atoms with Gasteiger partial charge in [-0.3, -0.25) is 14.6 Å². The van der Waals surface area contributed by atoms with Crippen molar-refractivity contribution < 1.29 is 27.5 Å². The van der Waals surface area contributed by atoms with E-state index < -0.39 is 17.2 Å². The van der Waals surface area contributed by atoms with Crippen molar-refractivity contribution in [2.24, 2.45) is 5.41 Å². The Balaban J connectivity index is 1.29. The molecule has 1 aliphatic heterocycles. The van der Waals surface area contributed by atoms with E-state index in [9.17, 15) is 22.8 Å². The van der Waals surface area contributed by atoms with Crippen LogP contribution in [0, 0.1) is 5.41 Å². The first kappa shape index (κ1) is 27.3. The average molecular weight is 526 g/mol. The number of pyridine rings is 1. The zero-order chi connectivity index (χ0) is 27.0. The Morgan fingerprint density at radius 2 is 1.76 bits per heavy atom. The van der Waals surface area contributed by atoms with Crippen molar-refractivity contribution in [3.8, 4) is 0 Å². The molecule has 1 aromatic heterocycles. The summed E-state index contributed by atoms with van der Waals surface area (Å²) < 4.78 is 45.3. The van der Waals surface area contributed by atoms with Gasteiger partial charge in [0.25, 0.3) is 0 Å². The summed E-state index contributed by atoms with van der Waals surface area (Å²) in [5.41, 5.74) is 0.621. The highest BCUT2D eigenvalue weighted by Crippen LogP contribution is 2.36. The molecule has 1 atom stereocenters. The third kappa shape index (κ3) is 7.19. The third-order valence-corrected chi connectivity index (χ3v) is 6.72. The quantitative estimate of drug-likeness (QED) is 0.328. The van der Waals surface area contributed by atoms with Crippen LogP contribution in [-0.4, -0.2) is 29.9 Å². The van der Waals surface area contributed by atoms with E-state index in [4.69, 9.17) is 4.74 Å². The molecule has 1 saturated heterocycles. The number of alkyl halides is 3. The lowest BCUT2D eigenvalue weighted by Gasteiger charge is -2.26. The van der Waals surface area contributed by atoms with Gasteiger partial charge in [0.15, 0.2) is 0 Å². The predicted molar refractivity (Wildman–Crippen MR) is 138 cm³/mol. The number of carbonyl (C=O) groups is 2. The van der Waals surface area contributed by atoms with Crippen LogP contribution in [0.1, 0.15) is 42.5 Å². The van der Waals surface area contributed by atoms with Crippen LogP contribution in [-0.2, 0) is 33.5 Å². The number of Topliss-reactive ketones (excluding diaryl/α,β-unsaturated/α-hetero) is 1. The van der Waals surface area contributed by atoms with Crippen molar-refractivity contribution in [3.63, 3.8) is 0 Å². The number of anilines is 2. The molecule has 1 fully saturated rings. The minimum absolute atomic E-state index is 0.0252. The summed E-state index contributed by atoms with van der Waals surface area (Å²) in [4.78, 5) is 29.7. The maximum Gasteiger partial charge on any atom is 0.418 e. The molecule has 0 saturated carbocycles. The summed E-state index contributed by atoms with van der Waals surface area (Å²) in [6, 6.07) is 17.6. The van der Waals surface area contributed by atoms with Crippen LogP contribution in [0.3, 0.4) is 0 Å². The lowest BCUT2D eigenvalue weighted by molar-refractivity contribution is -0.137. The van der Waals surface area contributed by atoms with Gasteiger partial charge >= 0.3 is 6.18 Å². The Bertz CT molecular complexity index is 1230. The number of benzene rings is 2. The molecule has 1 aliphatic rings. The lowest BCUT2D eigenvalue weighted by atomic mass is 9.80. The normalized spacial score (nSPS) is 17.2. The molecule has 9 heteroatoms. The number of carbonyl (C=O) groups excluding carboxylic acids is 2. The molecule has 2 heterocycles. The molecule has 6 nitrogen and oxygen atoms in total. The van der Waals surface area contributed by atoms with E-state index in [-0.39, 0.29) is 30.3 Å². The van der Waals surface area contributed by atoms with E-state index in [1.54, 1.807) is 42.6 Å². The SMILES string of the molecule is O=C(CCCC1(C(=O)NCc2ccc(Nc3ccccc3C(F)(F)F)cc2)CCOC1)Cc1ccccn1. The van der Waals surface area contributed by atoms with Crippen LogP contribution >= 0.6 is 0 Å². The van der Waals surface area contributed by atoms with Crippen LogP contribution in [0.5, 0.6) is 0 Å². The molecule has 2 aromatic carbocycles. The molecule has 3 aromatic rings. The van der Waals surface area contributed by atoms with Gasteiger partial charge in [-0.25, -0.2) is 0 Å². The topological polar surface area (TPSA) is 80.3 Å². The van der Waals surface area contributed by atoms with E-state index in [0.717, 1.165) is 17.3 Å². The monoisotopic (exact) mass is 525 g/mol. The summed E-state index contributed by atoms with van der Waals surface area (Å²) >= 11 is 0. The Kier molecular flexibility index (Phi) is 8.78. The number of amides is 1. The molecule has 4 rings (SSSR count). The minimum atomic E-state index is -4.46. The van der Waals surface area contributed by atoms with Gasteiger partial charge in [-0.1, -0.05) is 30.3 Å². The van der Waals surface area contributed by atoms with Crippen molar-refractivity contribution >= 4 is 23.1 Å². The predicted octanol–water partition coefficient (Wildman–Crippen LogP) is 5.85. The van der Waals surface area contributed by atoms with Gasteiger partial charge in [0.1, 0.15) is 5.78 Å². The number of hydrogen-bond donors (Lipinski definition) is 2. The Hall–Kier alpha value is -3.72. The number of nitrogens with one attached hydrogen (secondary N) is 2. The van der Waals surface area contributed by atoms with Crippen molar-refractivity contribution in [2.45, 2.75) is 44.8 Å². The summed E-state index contributed by atoms with van der Waals surface area (Å²) in [5, 5.41) is 5.79. The Morgan fingerprint density at radius 1 is 1.00 bits per heavy atom. The zero-order valence-electron chi connectivity index (χ0n) is 20.9. The fourth-order valence-corrected chi connectivity index (χ4v) is 4.58. The molecule has 38 heavy (non-hydrogen) atoms. The number of para-hydroxylation sites is 1. The standard InChI is InChI=1S/C29H30F3N3O3/c30-29(31,32)25-8-1-2-9-26(25)35-22-12-10-21(11-13-22)19-34-27(37)28(15-17-38-20-28)14-5-7-24(36)18-23-6-3-4-16-33-23/h1-4,6,8-13,16,35H,5,7,14-15,17-20H2,(H,34,37). The number of nitrogens with zero attached hydrogens (tertiary/aromatic N) is 1. The molecule has 0 bridgehead atoms. The Morgan fingerprint density at radius 3 is 2.45 bits per heavy atom. The van der Waals surface area contributed by atoms with Crippen LogP contribution in [0.2, 0.25) is 0 Å². The van der Waals surface area contributed by atoms with Gasteiger partial charge in [-0.2, -0.15) is 13.2 Å². The highest BCUT2D eigenvalue weighted by molar-refractivity contribution is 5.83. The molecule has 2 N–H and O–H groups in total. The summed E-state index contributed by atoms with van der Waals surface area (Å²) in [5.74, 6) is -0.0294. The first-order valence-corrected chi connectivity index (χ1v) is 12.6. The highest BCUT2D eigenvalue weighted by atomic mass is 19.4. The van der Waals surface area contributed by atoms with Gasteiger partial charge in [-0.05, 0) is 61.2 Å². The van der Waals surface area contributed by atoms with E-state index in [0.29, 0.717) is 44.6 Å². The number of hydrogen-bond acceptors (Lipinski definition) is 5. The highest BCUT2D eigenvalue weighted by Gasteiger charge is 2.41. The van der Waals surface area contributed by atoms with E-state index in [1.807, 2.05) is 12.1 Å². The van der Waals surface area contributed by atoms with Gasteiger partial charge in [0.2, 0.25) is 5.91 Å². The van der Waals surface area contributed by atoms with E-state index in [1.165, 1.54) is 12.1 Å².